The number of halogens is 6. The molecule has 0 radical (unpaired) electrons. The highest BCUT2D eigenvalue weighted by Crippen LogP contribution is 2.50. The minimum Gasteiger partial charge on any atom is -0.456 e. The third kappa shape index (κ3) is 4.24. The van der Waals surface area contributed by atoms with Gasteiger partial charge in [-0.1, -0.05) is 20.8 Å². The molecule has 3 nitrogen and oxygen atoms in total. The number of ether oxygens (including phenoxy) is 1. The van der Waals surface area contributed by atoms with Gasteiger partial charge in [0.1, 0.15) is 0 Å². The van der Waals surface area contributed by atoms with Crippen molar-refractivity contribution in [3.05, 3.63) is 0 Å². The molecule has 0 aliphatic carbocycles. The van der Waals surface area contributed by atoms with E-state index in [9.17, 15) is 36.2 Å². The lowest BCUT2D eigenvalue weighted by molar-refractivity contribution is -0.407. The maximum atomic E-state index is 12.7. The summed E-state index contributed by atoms with van der Waals surface area (Å²) in [5.74, 6) is -1.26. The van der Waals surface area contributed by atoms with Crippen LogP contribution in [-0.2, 0) is 9.53 Å². The molecule has 0 aromatic rings. The summed E-state index contributed by atoms with van der Waals surface area (Å²) in [5.41, 5.74) is -9.09. The summed E-state index contributed by atoms with van der Waals surface area (Å²) in [6.45, 7) is 5.41. The Bertz CT molecular complexity index is 375. The maximum Gasteiger partial charge on any atom is 0.430 e. The summed E-state index contributed by atoms with van der Waals surface area (Å²) in [6, 6.07) is 0. The van der Waals surface area contributed by atoms with Gasteiger partial charge in [0.15, 0.2) is 5.60 Å². The SMILES string of the molecule is CC(C)(C)CC(=O)OC(C)(C)C(O)(C(F)(F)F)C(F)(F)F. The predicted octanol–water partition coefficient (Wildman–Crippen LogP) is 3.60. The first-order chi connectivity index (χ1) is 8.85. The van der Waals surface area contributed by atoms with Crippen molar-refractivity contribution in [2.24, 2.45) is 5.41 Å². The maximum absolute atomic E-state index is 12.7. The van der Waals surface area contributed by atoms with Crippen molar-refractivity contribution in [2.45, 2.75) is 64.6 Å². The van der Waals surface area contributed by atoms with Crippen LogP contribution in [0.4, 0.5) is 26.3 Å². The Morgan fingerprint density at radius 3 is 1.48 bits per heavy atom. The van der Waals surface area contributed by atoms with Gasteiger partial charge in [0.05, 0.1) is 6.42 Å². The fourth-order valence-electron chi connectivity index (χ4n) is 1.67. The van der Waals surface area contributed by atoms with Crippen LogP contribution in [-0.4, -0.2) is 34.6 Å². The smallest absolute Gasteiger partial charge is 0.430 e. The molecular weight excluding hydrogens is 306 g/mol. The molecular formula is C12H18F6O3. The highest BCUT2D eigenvalue weighted by Gasteiger charge is 2.78. The number of alkyl halides is 6. The molecule has 0 atom stereocenters. The molecule has 0 amide bonds. The average Bonchev–Trinajstić information content (AvgIpc) is 2.07. The van der Waals surface area contributed by atoms with Crippen molar-refractivity contribution in [2.75, 3.05) is 0 Å². The van der Waals surface area contributed by atoms with Gasteiger partial charge in [-0.25, -0.2) is 0 Å². The lowest BCUT2D eigenvalue weighted by Gasteiger charge is -2.43. The minimum absolute atomic E-state index is 0.370. The number of carbonyl (C=O) groups is 1. The molecule has 0 unspecified atom stereocenters. The van der Waals surface area contributed by atoms with Crippen molar-refractivity contribution in [3.63, 3.8) is 0 Å². The van der Waals surface area contributed by atoms with E-state index in [-0.39, 0.29) is 0 Å². The second-order valence-corrected chi connectivity index (χ2v) is 6.43. The predicted molar refractivity (Wildman–Crippen MR) is 61.3 cm³/mol. The van der Waals surface area contributed by atoms with Crippen molar-refractivity contribution in [3.8, 4) is 0 Å². The third-order valence-corrected chi connectivity index (χ3v) is 2.74. The number of carbonyl (C=O) groups excluding carboxylic acids is 1. The summed E-state index contributed by atoms with van der Waals surface area (Å²) < 4.78 is 80.6. The van der Waals surface area contributed by atoms with Gasteiger partial charge in [-0.05, 0) is 19.3 Å². The molecule has 0 aromatic heterocycles. The molecule has 126 valence electrons. The zero-order valence-electron chi connectivity index (χ0n) is 12.2. The van der Waals surface area contributed by atoms with Crippen LogP contribution in [0.3, 0.4) is 0 Å². The highest BCUT2D eigenvalue weighted by molar-refractivity contribution is 5.70. The number of hydrogen-bond acceptors (Lipinski definition) is 3. The van der Waals surface area contributed by atoms with Crippen LogP contribution in [0.2, 0.25) is 0 Å². The molecule has 0 aliphatic heterocycles. The molecule has 21 heavy (non-hydrogen) atoms. The molecule has 0 spiro atoms. The Morgan fingerprint density at radius 2 is 1.24 bits per heavy atom. The molecule has 0 heterocycles. The molecule has 0 aliphatic rings. The van der Waals surface area contributed by atoms with E-state index in [1.54, 1.807) is 20.8 Å². The number of esters is 1. The second-order valence-electron chi connectivity index (χ2n) is 6.43. The van der Waals surface area contributed by atoms with Gasteiger partial charge < -0.3 is 9.84 Å². The second kappa shape index (κ2) is 5.33. The van der Waals surface area contributed by atoms with Crippen LogP contribution in [0.25, 0.3) is 0 Å². The molecule has 0 saturated heterocycles. The lowest BCUT2D eigenvalue weighted by atomic mass is 9.83. The Kier molecular flexibility index (Phi) is 5.08. The van der Waals surface area contributed by atoms with E-state index in [0.29, 0.717) is 13.8 Å². The van der Waals surface area contributed by atoms with E-state index >= 15 is 0 Å². The standard InChI is InChI=1S/C12H18F6O3/c1-8(2,3)6-7(19)21-9(4,5)10(20,11(13,14)15)12(16,17)18/h20H,6H2,1-5H3. The van der Waals surface area contributed by atoms with Crippen molar-refractivity contribution in [1.29, 1.82) is 0 Å². The van der Waals surface area contributed by atoms with Gasteiger partial charge in [0, 0.05) is 0 Å². The van der Waals surface area contributed by atoms with E-state index in [0.717, 1.165) is 0 Å². The Balaban J connectivity index is 5.58. The third-order valence-electron chi connectivity index (χ3n) is 2.74. The zero-order chi connectivity index (χ0) is 17.5. The fourth-order valence-corrected chi connectivity index (χ4v) is 1.67. The largest absolute Gasteiger partial charge is 0.456 e. The Morgan fingerprint density at radius 1 is 0.905 bits per heavy atom. The number of rotatable bonds is 3. The summed E-state index contributed by atoms with van der Waals surface area (Å²) >= 11 is 0. The van der Waals surface area contributed by atoms with Gasteiger partial charge in [0.25, 0.3) is 5.60 Å². The van der Waals surface area contributed by atoms with Crippen LogP contribution in [0.1, 0.15) is 41.0 Å². The molecule has 9 heteroatoms. The van der Waals surface area contributed by atoms with Gasteiger partial charge >= 0.3 is 18.3 Å². The lowest BCUT2D eigenvalue weighted by Crippen LogP contribution is -2.69. The highest BCUT2D eigenvalue weighted by atomic mass is 19.4. The van der Waals surface area contributed by atoms with Crippen molar-refractivity contribution >= 4 is 5.97 Å². The van der Waals surface area contributed by atoms with Crippen LogP contribution in [0, 0.1) is 5.41 Å². The first kappa shape index (κ1) is 20.0. The summed E-state index contributed by atoms with van der Waals surface area (Å²) in [7, 11) is 0. The minimum atomic E-state index is -6.06. The topological polar surface area (TPSA) is 46.5 Å². The Labute approximate surface area is 118 Å². The summed E-state index contributed by atoms with van der Waals surface area (Å²) in [6.07, 6.45) is -12.5. The summed E-state index contributed by atoms with van der Waals surface area (Å²) in [4.78, 5) is 11.5. The van der Waals surface area contributed by atoms with Crippen LogP contribution in [0.5, 0.6) is 0 Å². The van der Waals surface area contributed by atoms with Crippen LogP contribution < -0.4 is 0 Å². The van der Waals surface area contributed by atoms with Crippen LogP contribution >= 0.6 is 0 Å². The average molecular weight is 324 g/mol. The zero-order valence-corrected chi connectivity index (χ0v) is 12.2. The van der Waals surface area contributed by atoms with E-state index in [1.807, 2.05) is 0 Å². The molecule has 1 N–H and O–H groups in total. The van der Waals surface area contributed by atoms with Gasteiger partial charge in [0.2, 0.25) is 0 Å². The monoisotopic (exact) mass is 324 g/mol. The van der Waals surface area contributed by atoms with Gasteiger partial charge in [-0.15, -0.1) is 0 Å². The van der Waals surface area contributed by atoms with E-state index in [1.165, 1.54) is 0 Å². The van der Waals surface area contributed by atoms with E-state index in [4.69, 9.17) is 0 Å². The van der Waals surface area contributed by atoms with Gasteiger partial charge in [-0.3, -0.25) is 4.79 Å². The first-order valence-corrected chi connectivity index (χ1v) is 5.93. The molecule has 0 rings (SSSR count). The van der Waals surface area contributed by atoms with E-state index in [2.05, 4.69) is 4.74 Å². The molecule has 0 fully saturated rings. The summed E-state index contributed by atoms with van der Waals surface area (Å²) in [5, 5.41) is 9.23. The normalized spacial score (nSPS) is 15.0. The first-order valence-electron chi connectivity index (χ1n) is 5.93. The molecule has 0 aromatic carbocycles. The van der Waals surface area contributed by atoms with Crippen molar-refractivity contribution in [1.82, 2.24) is 0 Å². The van der Waals surface area contributed by atoms with Crippen LogP contribution in [0.15, 0.2) is 0 Å². The van der Waals surface area contributed by atoms with Gasteiger partial charge in [-0.2, -0.15) is 26.3 Å². The fraction of sp³-hybridized carbons (Fsp3) is 0.917. The number of aliphatic hydroxyl groups is 1. The molecule has 0 bridgehead atoms. The van der Waals surface area contributed by atoms with Crippen molar-refractivity contribution < 1.29 is 41.0 Å². The Hall–Kier alpha value is -0.990. The quantitative estimate of drug-likeness (QED) is 0.637. The number of hydrogen-bond donors (Lipinski definition) is 1. The van der Waals surface area contributed by atoms with E-state index < -0.39 is 41.4 Å². The molecule has 0 saturated carbocycles.